The number of halogens is 1. The van der Waals surface area contributed by atoms with E-state index >= 15 is 0 Å². The molecule has 0 amide bonds. The summed E-state index contributed by atoms with van der Waals surface area (Å²) < 4.78 is 18.0. The fraction of sp³-hybridized carbons (Fsp3) is 0.182. The number of carbonyl (C=O) groups is 1. The van der Waals surface area contributed by atoms with Crippen LogP contribution >= 0.6 is 0 Å². The van der Waals surface area contributed by atoms with E-state index in [2.05, 4.69) is 9.97 Å². The quantitative estimate of drug-likeness (QED) is 0.726. The molecule has 0 atom stereocenters. The van der Waals surface area contributed by atoms with E-state index in [1.54, 1.807) is 6.92 Å². The molecule has 2 rings (SSSR count). The third-order valence-corrected chi connectivity index (χ3v) is 2.03. The van der Waals surface area contributed by atoms with Crippen LogP contribution in [-0.2, 0) is 4.74 Å². The topological polar surface area (TPSA) is 52.1 Å². The summed E-state index contributed by atoms with van der Waals surface area (Å²) >= 11 is 0. The molecule has 0 aliphatic carbocycles. The van der Waals surface area contributed by atoms with Crippen molar-refractivity contribution in [1.82, 2.24) is 9.97 Å². The summed E-state index contributed by atoms with van der Waals surface area (Å²) in [4.78, 5) is 19.5. The number of nitrogens with zero attached hydrogens (tertiary/aromatic N) is 2. The molecule has 1 heterocycles. The van der Waals surface area contributed by atoms with Gasteiger partial charge in [0.25, 0.3) is 0 Å². The smallest absolute Gasteiger partial charge is 0.340 e. The summed E-state index contributed by atoms with van der Waals surface area (Å²) in [6.45, 7) is 1.92. The van der Waals surface area contributed by atoms with Crippen LogP contribution in [0.5, 0.6) is 0 Å². The molecule has 4 nitrogen and oxygen atoms in total. The summed E-state index contributed by atoms with van der Waals surface area (Å²) in [6, 6.07) is 2.33. The Morgan fingerprint density at radius 1 is 1.38 bits per heavy atom. The van der Waals surface area contributed by atoms with Crippen molar-refractivity contribution >= 4 is 17.0 Å². The Kier molecular flexibility index (Phi) is 2.76. The Labute approximate surface area is 91.1 Å². The van der Waals surface area contributed by atoms with E-state index in [0.717, 1.165) is 6.07 Å². The van der Waals surface area contributed by atoms with E-state index < -0.39 is 11.8 Å². The van der Waals surface area contributed by atoms with E-state index in [0.29, 0.717) is 11.0 Å². The lowest BCUT2D eigenvalue weighted by atomic mass is 10.1. The molecule has 2 aromatic rings. The van der Waals surface area contributed by atoms with Crippen LogP contribution in [0.1, 0.15) is 17.3 Å². The number of rotatable bonds is 2. The van der Waals surface area contributed by atoms with Crippen LogP contribution in [0.3, 0.4) is 0 Å². The molecule has 0 saturated heterocycles. The highest BCUT2D eigenvalue weighted by Gasteiger charge is 2.14. The highest BCUT2D eigenvalue weighted by Crippen LogP contribution is 2.17. The predicted octanol–water partition coefficient (Wildman–Crippen LogP) is 1.95. The zero-order valence-electron chi connectivity index (χ0n) is 8.61. The van der Waals surface area contributed by atoms with Crippen molar-refractivity contribution in [3.8, 4) is 0 Å². The van der Waals surface area contributed by atoms with Gasteiger partial charge in [-0.05, 0) is 13.0 Å². The lowest BCUT2D eigenvalue weighted by molar-refractivity contribution is 0.0528. The van der Waals surface area contributed by atoms with Gasteiger partial charge in [0.2, 0.25) is 0 Å². The van der Waals surface area contributed by atoms with Gasteiger partial charge in [-0.3, -0.25) is 9.97 Å². The number of hydrogen-bond donors (Lipinski definition) is 0. The highest BCUT2D eigenvalue weighted by molar-refractivity contribution is 6.01. The van der Waals surface area contributed by atoms with E-state index in [1.165, 1.54) is 18.5 Å². The summed E-state index contributed by atoms with van der Waals surface area (Å²) in [5.41, 5.74) is 0.790. The number of aromatic nitrogens is 2. The Morgan fingerprint density at radius 3 is 2.88 bits per heavy atom. The minimum atomic E-state index is -0.590. The molecule has 0 aliphatic rings. The summed E-state index contributed by atoms with van der Waals surface area (Å²) in [5.74, 6) is -1.12. The zero-order chi connectivity index (χ0) is 11.5. The van der Waals surface area contributed by atoms with Crippen molar-refractivity contribution in [2.75, 3.05) is 6.61 Å². The first kappa shape index (κ1) is 10.5. The maximum Gasteiger partial charge on any atom is 0.340 e. The maximum atomic E-state index is 13.2. The largest absolute Gasteiger partial charge is 0.462 e. The van der Waals surface area contributed by atoms with Crippen LogP contribution in [0.4, 0.5) is 4.39 Å². The molecule has 1 aromatic heterocycles. The second-order valence-electron chi connectivity index (χ2n) is 3.10. The number of ether oxygens (including phenoxy) is 1. The first-order chi connectivity index (χ1) is 7.72. The molecular formula is C11H9FN2O2. The molecule has 0 saturated carbocycles. The van der Waals surface area contributed by atoms with Crippen LogP contribution in [0.15, 0.2) is 24.5 Å². The molecule has 16 heavy (non-hydrogen) atoms. The van der Waals surface area contributed by atoms with Crippen LogP contribution in [0.25, 0.3) is 11.0 Å². The lowest BCUT2D eigenvalue weighted by Crippen LogP contribution is -2.07. The standard InChI is InChI=1S/C11H9FN2O2/c1-2-16-11(15)8-5-7(12)6-9-10(8)14-4-3-13-9/h3-6H,2H2,1H3. The Bertz CT molecular complexity index is 542. The number of esters is 1. The number of fused-ring (bicyclic) bond motifs is 1. The highest BCUT2D eigenvalue weighted by atomic mass is 19.1. The van der Waals surface area contributed by atoms with E-state index in [9.17, 15) is 9.18 Å². The van der Waals surface area contributed by atoms with Gasteiger partial charge in [0.05, 0.1) is 17.7 Å². The Morgan fingerprint density at radius 2 is 2.12 bits per heavy atom. The minimum absolute atomic E-state index is 0.102. The third kappa shape index (κ3) is 1.84. The summed E-state index contributed by atoms with van der Waals surface area (Å²) in [5, 5.41) is 0. The lowest BCUT2D eigenvalue weighted by Gasteiger charge is -2.04. The second kappa shape index (κ2) is 4.22. The SMILES string of the molecule is CCOC(=O)c1cc(F)cc2nccnc12. The third-order valence-electron chi connectivity index (χ3n) is 2.03. The number of carbonyl (C=O) groups excluding carboxylic acids is 1. The van der Waals surface area contributed by atoms with Gasteiger partial charge in [0.1, 0.15) is 11.3 Å². The molecule has 0 unspecified atom stereocenters. The van der Waals surface area contributed by atoms with Gasteiger partial charge in [-0.1, -0.05) is 0 Å². The van der Waals surface area contributed by atoms with Crippen LogP contribution in [0, 0.1) is 5.82 Å². The van der Waals surface area contributed by atoms with Crippen molar-refractivity contribution in [2.24, 2.45) is 0 Å². The number of benzene rings is 1. The normalized spacial score (nSPS) is 10.4. The number of hydrogen-bond acceptors (Lipinski definition) is 4. The summed E-state index contributed by atoms with van der Waals surface area (Å²) in [6.07, 6.45) is 2.89. The molecule has 82 valence electrons. The van der Waals surface area contributed by atoms with Gasteiger partial charge in [0, 0.05) is 18.5 Å². The molecule has 0 spiro atoms. The monoisotopic (exact) mass is 220 g/mol. The summed E-state index contributed by atoms with van der Waals surface area (Å²) in [7, 11) is 0. The molecular weight excluding hydrogens is 211 g/mol. The average Bonchev–Trinajstić information content (AvgIpc) is 2.28. The van der Waals surface area contributed by atoms with Crippen LogP contribution in [-0.4, -0.2) is 22.5 Å². The fourth-order valence-corrected chi connectivity index (χ4v) is 1.40. The minimum Gasteiger partial charge on any atom is -0.462 e. The Balaban J connectivity index is 2.63. The maximum absolute atomic E-state index is 13.2. The van der Waals surface area contributed by atoms with Crippen molar-refractivity contribution in [3.05, 3.63) is 35.9 Å². The van der Waals surface area contributed by atoms with E-state index in [4.69, 9.17) is 4.74 Å². The molecule has 0 fully saturated rings. The molecule has 5 heteroatoms. The molecule has 1 aromatic carbocycles. The van der Waals surface area contributed by atoms with Crippen LogP contribution in [0.2, 0.25) is 0 Å². The molecule has 0 radical (unpaired) electrons. The molecule has 0 bridgehead atoms. The first-order valence-electron chi connectivity index (χ1n) is 4.79. The fourth-order valence-electron chi connectivity index (χ4n) is 1.40. The van der Waals surface area contributed by atoms with Gasteiger partial charge in [-0.2, -0.15) is 0 Å². The van der Waals surface area contributed by atoms with Crippen LogP contribution < -0.4 is 0 Å². The van der Waals surface area contributed by atoms with Gasteiger partial charge < -0.3 is 4.74 Å². The van der Waals surface area contributed by atoms with Gasteiger partial charge in [0.15, 0.2) is 0 Å². The zero-order valence-corrected chi connectivity index (χ0v) is 8.61. The molecule has 0 N–H and O–H groups in total. The van der Waals surface area contributed by atoms with Crippen molar-refractivity contribution < 1.29 is 13.9 Å². The van der Waals surface area contributed by atoms with Crippen molar-refractivity contribution in [3.63, 3.8) is 0 Å². The van der Waals surface area contributed by atoms with Crippen molar-refractivity contribution in [2.45, 2.75) is 6.92 Å². The second-order valence-corrected chi connectivity index (χ2v) is 3.10. The van der Waals surface area contributed by atoms with Gasteiger partial charge in [-0.15, -0.1) is 0 Å². The van der Waals surface area contributed by atoms with E-state index in [-0.39, 0.29) is 12.2 Å². The molecule has 0 aliphatic heterocycles. The predicted molar refractivity (Wildman–Crippen MR) is 55.5 cm³/mol. The van der Waals surface area contributed by atoms with Crippen molar-refractivity contribution in [1.29, 1.82) is 0 Å². The van der Waals surface area contributed by atoms with Gasteiger partial charge in [-0.25, -0.2) is 9.18 Å². The Hall–Kier alpha value is -2.04. The van der Waals surface area contributed by atoms with E-state index in [1.807, 2.05) is 0 Å². The average molecular weight is 220 g/mol. The first-order valence-corrected chi connectivity index (χ1v) is 4.79. The van der Waals surface area contributed by atoms with Gasteiger partial charge >= 0.3 is 5.97 Å².